The van der Waals surface area contributed by atoms with Crippen molar-refractivity contribution < 1.29 is 9.13 Å². The summed E-state index contributed by atoms with van der Waals surface area (Å²) in [6, 6.07) is 13.0. The third-order valence-corrected chi connectivity index (χ3v) is 2.57. The van der Waals surface area contributed by atoms with E-state index in [2.05, 4.69) is 0 Å². The van der Waals surface area contributed by atoms with Gasteiger partial charge >= 0.3 is 0 Å². The predicted molar refractivity (Wildman–Crippen MR) is 67.2 cm³/mol. The normalized spacial score (nSPS) is 9.83. The highest BCUT2D eigenvalue weighted by molar-refractivity contribution is 6.30. The number of nitrogens with zero attached hydrogens (tertiary/aromatic N) is 1. The first-order chi connectivity index (χ1) is 8.69. The number of ether oxygens (including phenoxy) is 1. The van der Waals surface area contributed by atoms with Crippen molar-refractivity contribution in [3.63, 3.8) is 0 Å². The van der Waals surface area contributed by atoms with Crippen LogP contribution < -0.4 is 4.74 Å². The fraction of sp³-hybridized carbons (Fsp3) is 0.0714. The van der Waals surface area contributed by atoms with E-state index in [-0.39, 0.29) is 12.2 Å². The summed E-state index contributed by atoms with van der Waals surface area (Å²) in [5.41, 5.74) is 0.711. The van der Waals surface area contributed by atoms with E-state index in [9.17, 15) is 4.39 Å². The number of benzene rings is 2. The zero-order valence-electron chi connectivity index (χ0n) is 9.36. The molecular formula is C14H9ClFNO. The van der Waals surface area contributed by atoms with E-state index >= 15 is 0 Å². The zero-order chi connectivity index (χ0) is 13.0. The fourth-order valence-corrected chi connectivity index (χ4v) is 1.58. The number of halogens is 2. The Labute approximate surface area is 109 Å². The van der Waals surface area contributed by atoms with Gasteiger partial charge in [0.25, 0.3) is 0 Å². The monoisotopic (exact) mass is 261 g/mol. The second kappa shape index (κ2) is 5.52. The topological polar surface area (TPSA) is 33.0 Å². The van der Waals surface area contributed by atoms with Gasteiger partial charge in [-0.15, -0.1) is 0 Å². The average molecular weight is 262 g/mol. The molecule has 0 atom stereocenters. The number of nitriles is 1. The highest BCUT2D eigenvalue weighted by Gasteiger charge is 2.06. The van der Waals surface area contributed by atoms with Crippen molar-refractivity contribution in [2.45, 2.75) is 6.42 Å². The molecule has 0 unspecified atom stereocenters. The summed E-state index contributed by atoms with van der Waals surface area (Å²) in [5.74, 6) is 0.129. The van der Waals surface area contributed by atoms with Gasteiger partial charge in [0.15, 0.2) is 11.6 Å². The molecule has 0 N–H and O–H groups in total. The van der Waals surface area contributed by atoms with Crippen LogP contribution in [0.3, 0.4) is 0 Å². The Morgan fingerprint density at radius 2 is 1.89 bits per heavy atom. The third kappa shape index (κ3) is 2.99. The lowest BCUT2D eigenvalue weighted by molar-refractivity contribution is 0.441. The van der Waals surface area contributed by atoms with Crippen molar-refractivity contribution in [2.24, 2.45) is 0 Å². The van der Waals surface area contributed by atoms with Crippen LogP contribution in [0.2, 0.25) is 5.02 Å². The third-order valence-electron chi connectivity index (χ3n) is 2.32. The first kappa shape index (κ1) is 12.4. The molecule has 0 saturated heterocycles. The van der Waals surface area contributed by atoms with Gasteiger partial charge in [0.2, 0.25) is 0 Å². The molecule has 2 rings (SSSR count). The second-order valence-corrected chi connectivity index (χ2v) is 4.09. The van der Waals surface area contributed by atoms with E-state index in [1.165, 1.54) is 12.1 Å². The molecule has 2 aromatic carbocycles. The van der Waals surface area contributed by atoms with Crippen LogP contribution in [-0.4, -0.2) is 0 Å². The summed E-state index contributed by atoms with van der Waals surface area (Å²) in [6.45, 7) is 0. The van der Waals surface area contributed by atoms with Gasteiger partial charge in [-0.1, -0.05) is 17.7 Å². The van der Waals surface area contributed by atoms with Gasteiger partial charge in [0.05, 0.1) is 12.5 Å². The minimum absolute atomic E-state index is 0.102. The molecule has 18 heavy (non-hydrogen) atoms. The van der Waals surface area contributed by atoms with E-state index in [0.29, 0.717) is 16.3 Å². The van der Waals surface area contributed by atoms with E-state index < -0.39 is 5.82 Å². The van der Waals surface area contributed by atoms with Gasteiger partial charge in [0.1, 0.15) is 5.75 Å². The maximum atomic E-state index is 13.5. The van der Waals surface area contributed by atoms with Crippen molar-refractivity contribution >= 4 is 11.6 Å². The van der Waals surface area contributed by atoms with Crippen LogP contribution in [-0.2, 0) is 6.42 Å². The van der Waals surface area contributed by atoms with Crippen molar-refractivity contribution in [2.75, 3.05) is 0 Å². The molecule has 0 amide bonds. The molecule has 0 spiro atoms. The summed E-state index contributed by atoms with van der Waals surface area (Å²) in [4.78, 5) is 0. The Morgan fingerprint density at radius 1 is 1.17 bits per heavy atom. The summed E-state index contributed by atoms with van der Waals surface area (Å²) >= 11 is 5.75. The number of hydrogen-bond acceptors (Lipinski definition) is 2. The van der Waals surface area contributed by atoms with Crippen molar-refractivity contribution in [3.8, 4) is 17.6 Å². The first-order valence-electron chi connectivity index (χ1n) is 5.28. The first-order valence-corrected chi connectivity index (χ1v) is 5.65. The molecule has 0 fully saturated rings. The van der Waals surface area contributed by atoms with Gasteiger partial charge in [0, 0.05) is 5.02 Å². The van der Waals surface area contributed by atoms with Crippen LogP contribution in [0.5, 0.6) is 11.5 Å². The molecule has 0 aliphatic rings. The Balaban J connectivity index is 2.25. The fourth-order valence-electron chi connectivity index (χ4n) is 1.46. The molecule has 0 saturated carbocycles. The molecule has 90 valence electrons. The smallest absolute Gasteiger partial charge is 0.165 e. The SMILES string of the molecule is N#CCc1ccc(F)c(Oc2ccc(Cl)cc2)c1. The van der Waals surface area contributed by atoms with Crippen LogP contribution in [0.25, 0.3) is 0 Å². The molecule has 4 heteroatoms. The van der Waals surface area contributed by atoms with Crippen LogP contribution in [0.1, 0.15) is 5.56 Å². The molecular weight excluding hydrogens is 253 g/mol. The minimum Gasteiger partial charge on any atom is -0.454 e. The summed E-state index contributed by atoms with van der Waals surface area (Å²) < 4.78 is 18.9. The molecule has 0 aromatic heterocycles. The molecule has 0 heterocycles. The van der Waals surface area contributed by atoms with Crippen molar-refractivity contribution in [3.05, 3.63) is 58.9 Å². The quantitative estimate of drug-likeness (QED) is 0.823. The van der Waals surface area contributed by atoms with Crippen LogP contribution in [0.15, 0.2) is 42.5 Å². The summed E-state index contributed by atoms with van der Waals surface area (Å²) in [7, 11) is 0. The van der Waals surface area contributed by atoms with Gasteiger partial charge in [-0.2, -0.15) is 5.26 Å². The second-order valence-electron chi connectivity index (χ2n) is 3.66. The predicted octanol–water partition coefficient (Wildman–Crippen LogP) is 4.34. The highest BCUT2D eigenvalue weighted by atomic mass is 35.5. The summed E-state index contributed by atoms with van der Waals surface area (Å²) in [5, 5.41) is 9.19. The lowest BCUT2D eigenvalue weighted by Gasteiger charge is -2.07. The van der Waals surface area contributed by atoms with E-state index in [1.54, 1.807) is 30.3 Å². The molecule has 0 aliphatic heterocycles. The van der Waals surface area contributed by atoms with Gasteiger partial charge in [-0.05, 0) is 42.0 Å². The van der Waals surface area contributed by atoms with Gasteiger partial charge in [-0.3, -0.25) is 0 Å². The molecule has 2 nitrogen and oxygen atoms in total. The standard InChI is InChI=1S/C14H9ClFNO/c15-11-2-4-12(5-3-11)18-14-9-10(7-8-17)1-6-13(14)16/h1-6,9H,7H2. The van der Waals surface area contributed by atoms with E-state index in [4.69, 9.17) is 21.6 Å². The molecule has 0 bridgehead atoms. The largest absolute Gasteiger partial charge is 0.454 e. The van der Waals surface area contributed by atoms with E-state index in [1.807, 2.05) is 6.07 Å². The zero-order valence-corrected chi connectivity index (χ0v) is 10.1. The maximum Gasteiger partial charge on any atom is 0.165 e. The maximum absolute atomic E-state index is 13.5. The van der Waals surface area contributed by atoms with Crippen molar-refractivity contribution in [1.29, 1.82) is 5.26 Å². The lowest BCUT2D eigenvalue weighted by Crippen LogP contribution is -1.91. The Kier molecular flexibility index (Phi) is 3.81. The molecule has 0 radical (unpaired) electrons. The van der Waals surface area contributed by atoms with Crippen LogP contribution in [0.4, 0.5) is 4.39 Å². The Bertz CT molecular complexity index is 590. The average Bonchev–Trinajstić information content (AvgIpc) is 2.36. The Morgan fingerprint density at radius 3 is 2.56 bits per heavy atom. The number of rotatable bonds is 3. The van der Waals surface area contributed by atoms with Gasteiger partial charge < -0.3 is 4.74 Å². The van der Waals surface area contributed by atoms with E-state index in [0.717, 1.165) is 0 Å². The minimum atomic E-state index is -0.466. The molecule has 2 aromatic rings. The summed E-state index contributed by atoms with van der Waals surface area (Å²) in [6.07, 6.45) is 0.220. The molecule has 0 aliphatic carbocycles. The lowest BCUT2D eigenvalue weighted by atomic mass is 10.1. The van der Waals surface area contributed by atoms with Crippen molar-refractivity contribution in [1.82, 2.24) is 0 Å². The van der Waals surface area contributed by atoms with Crippen LogP contribution >= 0.6 is 11.6 Å². The highest BCUT2D eigenvalue weighted by Crippen LogP contribution is 2.26. The number of hydrogen-bond donors (Lipinski definition) is 0. The van der Waals surface area contributed by atoms with Crippen LogP contribution in [0, 0.1) is 17.1 Å². The van der Waals surface area contributed by atoms with Gasteiger partial charge in [-0.25, -0.2) is 4.39 Å². The Hall–Kier alpha value is -2.05.